The molecule has 0 unspecified atom stereocenters. The molecule has 4 nitrogen and oxygen atoms in total. The second-order valence-corrected chi connectivity index (χ2v) is 4.66. The van der Waals surface area contributed by atoms with Gasteiger partial charge >= 0.3 is 0 Å². The van der Waals surface area contributed by atoms with E-state index in [0.29, 0.717) is 0 Å². The Morgan fingerprint density at radius 2 is 1.23 bits per heavy atom. The van der Waals surface area contributed by atoms with Crippen LogP contribution in [0.5, 0.6) is 0 Å². The first-order valence-electron chi connectivity index (χ1n) is 3.72. The van der Waals surface area contributed by atoms with Crippen LogP contribution < -0.4 is 0 Å². The number of unbranched alkanes of at least 4 members (excludes halogenated alkanes) is 3. The fourth-order valence-electron chi connectivity index (χ4n) is 0.543. The fourth-order valence-corrected chi connectivity index (χ4v) is 1.34. The Kier molecular flexibility index (Phi) is 13.6. The Labute approximate surface area is 95.9 Å². The van der Waals surface area contributed by atoms with Crippen molar-refractivity contribution in [2.24, 2.45) is 0 Å². The van der Waals surface area contributed by atoms with Crippen molar-refractivity contribution < 1.29 is 17.5 Å². The summed E-state index contributed by atoms with van der Waals surface area (Å²) in [7, 11) is -4.92. The molecule has 0 aromatic carbocycles. The van der Waals surface area contributed by atoms with Crippen LogP contribution >= 0.6 is 31.9 Å². The van der Waals surface area contributed by atoms with Crippen molar-refractivity contribution in [3.63, 3.8) is 0 Å². The van der Waals surface area contributed by atoms with E-state index in [0.717, 1.165) is 10.7 Å². The quantitative estimate of drug-likeness (QED) is 0.360. The Hall–Kier alpha value is 0.830. The lowest BCUT2D eigenvalue weighted by Gasteiger charge is -1.92. The van der Waals surface area contributed by atoms with Gasteiger partial charge in [0.15, 0.2) is 0 Å². The van der Waals surface area contributed by atoms with E-state index in [1.165, 1.54) is 25.7 Å². The third kappa shape index (κ3) is 44.3. The maximum atomic E-state index is 8.63. The number of hydrogen-bond acceptors (Lipinski definition) is 3. The van der Waals surface area contributed by atoms with Gasteiger partial charge in [0.1, 0.15) is 0 Å². The zero-order valence-electron chi connectivity index (χ0n) is 7.08. The molecule has 13 heavy (non-hydrogen) atoms. The Bertz CT molecular complexity index is 167. The monoisotopic (exact) mass is 339 g/mol. The summed E-state index contributed by atoms with van der Waals surface area (Å²) >= 11 is 6.78. The third-order valence-corrected chi connectivity index (χ3v) is 2.14. The first-order valence-corrected chi connectivity index (χ1v) is 7.33. The summed E-state index contributed by atoms with van der Waals surface area (Å²) in [5, 5.41) is 2.32. The van der Waals surface area contributed by atoms with Crippen LogP contribution in [0.3, 0.4) is 0 Å². The van der Waals surface area contributed by atoms with Gasteiger partial charge in [0.05, 0.1) is 0 Å². The van der Waals surface area contributed by atoms with Gasteiger partial charge in [-0.3, -0.25) is 4.55 Å². The molecule has 0 heterocycles. The summed E-state index contributed by atoms with van der Waals surface area (Å²) in [6, 6.07) is 0. The molecule has 0 bridgehead atoms. The van der Waals surface area contributed by atoms with Crippen molar-refractivity contribution in [2.45, 2.75) is 25.7 Å². The van der Waals surface area contributed by atoms with Gasteiger partial charge in [-0.1, -0.05) is 44.7 Å². The van der Waals surface area contributed by atoms with E-state index >= 15 is 0 Å². The molecule has 0 rings (SSSR count). The predicted molar refractivity (Wildman–Crippen MR) is 58.4 cm³/mol. The summed E-state index contributed by atoms with van der Waals surface area (Å²) < 4.78 is 32.8. The van der Waals surface area contributed by atoms with Crippen LogP contribution in [-0.2, 0) is 10.4 Å². The molecule has 0 amide bonds. The van der Waals surface area contributed by atoms with E-state index in [-0.39, 0.29) is 0 Å². The molecule has 0 aliphatic carbocycles. The lowest BCUT2D eigenvalue weighted by molar-refractivity contribution is 0.366. The van der Waals surface area contributed by atoms with E-state index in [2.05, 4.69) is 31.9 Å². The smallest absolute Gasteiger partial charge is 0.215 e. The largest absolute Gasteiger partial charge is 0.726 e. The van der Waals surface area contributed by atoms with Gasteiger partial charge in [0.2, 0.25) is 10.4 Å². The molecule has 7 heteroatoms. The molecule has 0 aromatic rings. The predicted octanol–water partition coefficient (Wildman–Crippen LogP) is 2.34. The molecular formula is C6H13Br2O4S-. The summed E-state index contributed by atoms with van der Waals surface area (Å²) in [4.78, 5) is 0. The van der Waals surface area contributed by atoms with E-state index in [9.17, 15) is 0 Å². The van der Waals surface area contributed by atoms with Crippen molar-refractivity contribution in [3.8, 4) is 0 Å². The molecule has 0 saturated carbocycles. The number of rotatable bonds is 5. The number of alkyl halides is 2. The minimum atomic E-state index is -4.92. The lowest BCUT2D eigenvalue weighted by Crippen LogP contribution is -1.90. The molecule has 0 fully saturated rings. The minimum Gasteiger partial charge on any atom is -0.726 e. The van der Waals surface area contributed by atoms with Crippen LogP contribution in [-0.4, -0.2) is 28.2 Å². The Morgan fingerprint density at radius 1 is 1.00 bits per heavy atom. The molecule has 0 aliphatic rings. The van der Waals surface area contributed by atoms with Crippen molar-refractivity contribution in [3.05, 3.63) is 0 Å². The molecule has 0 aliphatic heterocycles. The third-order valence-electron chi connectivity index (χ3n) is 1.02. The average molecular weight is 341 g/mol. The minimum absolute atomic E-state index is 1.16. The number of hydrogen-bond donors (Lipinski definition) is 1. The first-order chi connectivity index (χ1) is 5.91. The zero-order valence-corrected chi connectivity index (χ0v) is 11.1. The van der Waals surface area contributed by atoms with Crippen molar-refractivity contribution in [2.75, 3.05) is 10.7 Å². The van der Waals surface area contributed by atoms with E-state index in [1.807, 2.05) is 0 Å². The summed E-state index contributed by atoms with van der Waals surface area (Å²) in [6.07, 6.45) is 5.40. The van der Waals surface area contributed by atoms with Gasteiger partial charge in [0.25, 0.3) is 0 Å². The highest BCUT2D eigenvalue weighted by molar-refractivity contribution is 9.09. The molecule has 82 valence electrons. The van der Waals surface area contributed by atoms with Crippen LogP contribution in [0.25, 0.3) is 0 Å². The van der Waals surface area contributed by atoms with Crippen LogP contribution in [0.1, 0.15) is 25.7 Å². The average Bonchev–Trinajstić information content (AvgIpc) is 1.95. The zero-order chi connectivity index (χ0) is 10.7. The van der Waals surface area contributed by atoms with E-state index in [1.54, 1.807) is 0 Å². The molecule has 0 aromatic heterocycles. The van der Waals surface area contributed by atoms with Crippen molar-refractivity contribution in [1.29, 1.82) is 0 Å². The van der Waals surface area contributed by atoms with Gasteiger partial charge in [-0.25, -0.2) is 8.42 Å². The van der Waals surface area contributed by atoms with Crippen LogP contribution in [0.15, 0.2) is 0 Å². The van der Waals surface area contributed by atoms with Gasteiger partial charge in [0, 0.05) is 10.7 Å². The summed E-state index contributed by atoms with van der Waals surface area (Å²) in [5.74, 6) is 0. The van der Waals surface area contributed by atoms with Crippen LogP contribution in [0.2, 0.25) is 0 Å². The van der Waals surface area contributed by atoms with E-state index in [4.69, 9.17) is 17.5 Å². The SMILES string of the molecule is BrCCCCCCBr.O=S(=O)([O-])O. The van der Waals surface area contributed by atoms with Gasteiger partial charge in [-0.2, -0.15) is 0 Å². The Morgan fingerprint density at radius 3 is 1.38 bits per heavy atom. The summed E-state index contributed by atoms with van der Waals surface area (Å²) in [6.45, 7) is 0. The number of halogens is 2. The van der Waals surface area contributed by atoms with Gasteiger partial charge in [-0.15, -0.1) is 0 Å². The van der Waals surface area contributed by atoms with Crippen molar-refractivity contribution >= 4 is 42.3 Å². The highest BCUT2D eigenvalue weighted by Gasteiger charge is 1.84. The summed E-state index contributed by atoms with van der Waals surface area (Å²) in [5.41, 5.74) is 0. The molecule has 1 N–H and O–H groups in total. The highest BCUT2D eigenvalue weighted by Crippen LogP contribution is 2.02. The first kappa shape index (κ1) is 16.3. The van der Waals surface area contributed by atoms with Crippen LogP contribution in [0, 0.1) is 0 Å². The normalized spacial score (nSPS) is 10.5. The fraction of sp³-hybridized carbons (Fsp3) is 1.00. The van der Waals surface area contributed by atoms with Crippen molar-refractivity contribution in [1.82, 2.24) is 0 Å². The lowest BCUT2D eigenvalue weighted by atomic mass is 10.2. The second kappa shape index (κ2) is 10.9. The Balaban J connectivity index is 0. The molecular weight excluding hydrogens is 328 g/mol. The second-order valence-electron chi connectivity index (χ2n) is 2.22. The van der Waals surface area contributed by atoms with Gasteiger partial charge in [-0.05, 0) is 12.8 Å². The molecule has 0 atom stereocenters. The maximum Gasteiger partial charge on any atom is 0.215 e. The standard InChI is InChI=1S/C6H12Br2.H2O4S/c7-5-3-1-2-4-6-8;1-5(2,3)4/h1-6H2;(H2,1,2,3,4)/p-1. The van der Waals surface area contributed by atoms with Crippen LogP contribution in [0.4, 0.5) is 0 Å². The maximum absolute atomic E-state index is 8.63. The highest BCUT2D eigenvalue weighted by atomic mass is 79.9. The van der Waals surface area contributed by atoms with Gasteiger partial charge < -0.3 is 4.55 Å². The van der Waals surface area contributed by atoms with E-state index < -0.39 is 10.4 Å². The molecule has 0 saturated heterocycles. The molecule has 0 radical (unpaired) electrons. The topological polar surface area (TPSA) is 77.4 Å². The molecule has 0 spiro atoms.